The third-order valence-corrected chi connectivity index (χ3v) is 4.62. The Morgan fingerprint density at radius 1 is 1.15 bits per heavy atom. The lowest BCUT2D eigenvalue weighted by atomic mass is 10.2. The van der Waals surface area contributed by atoms with Gasteiger partial charge in [-0.15, -0.1) is 10.2 Å². The van der Waals surface area contributed by atoms with Crippen molar-refractivity contribution >= 4 is 22.7 Å². The molecule has 0 radical (unpaired) electrons. The molecule has 2 aromatic heterocycles. The summed E-state index contributed by atoms with van der Waals surface area (Å²) in [6.45, 7) is 0. The van der Waals surface area contributed by atoms with Crippen LogP contribution >= 0.6 is 11.3 Å². The fourth-order valence-corrected chi connectivity index (χ4v) is 3.09. The Morgan fingerprint density at radius 2 is 1.93 bits per heavy atom. The van der Waals surface area contributed by atoms with Gasteiger partial charge in [0.25, 0.3) is 0 Å². The standard InChI is InChI=1S/C18H13N5O3S/c1-25-14-9-7-13(8-10-14)23-15(17(24)26-22-23)11-19-18-21-20-16(27-18)12-5-3-2-4-6-12/h2-11H,1H3/p+1. The molecule has 9 heteroatoms. The van der Waals surface area contributed by atoms with Crippen molar-refractivity contribution < 1.29 is 13.9 Å². The van der Waals surface area contributed by atoms with Crippen molar-refractivity contribution in [3.05, 3.63) is 70.7 Å². The molecule has 134 valence electrons. The van der Waals surface area contributed by atoms with Crippen molar-refractivity contribution in [2.75, 3.05) is 7.11 Å². The van der Waals surface area contributed by atoms with Crippen LogP contribution in [0.4, 0.5) is 5.13 Å². The van der Waals surface area contributed by atoms with Gasteiger partial charge in [0, 0.05) is 17.7 Å². The summed E-state index contributed by atoms with van der Waals surface area (Å²) in [5, 5.41) is 11.9. The molecule has 0 bridgehead atoms. The second-order valence-electron chi connectivity index (χ2n) is 5.41. The summed E-state index contributed by atoms with van der Waals surface area (Å²) < 4.78 is 11.5. The first-order chi connectivity index (χ1) is 13.2. The number of rotatable bonds is 5. The van der Waals surface area contributed by atoms with E-state index in [1.54, 1.807) is 31.4 Å². The van der Waals surface area contributed by atoms with Gasteiger partial charge in [-0.3, -0.25) is 4.52 Å². The van der Waals surface area contributed by atoms with E-state index in [9.17, 15) is 4.79 Å². The fourth-order valence-electron chi connectivity index (χ4n) is 2.39. The molecule has 0 atom stereocenters. The number of hydrogen-bond donors (Lipinski definition) is 1. The molecule has 0 spiro atoms. The molecular weight excluding hydrogens is 366 g/mol. The van der Waals surface area contributed by atoms with Gasteiger partial charge in [0.1, 0.15) is 17.0 Å². The highest BCUT2D eigenvalue weighted by molar-refractivity contribution is 7.18. The molecule has 2 aromatic carbocycles. The maximum absolute atomic E-state index is 12.0. The predicted octanol–water partition coefficient (Wildman–Crippen LogP) is 2.52. The van der Waals surface area contributed by atoms with Gasteiger partial charge in [-0.05, 0) is 22.1 Å². The van der Waals surface area contributed by atoms with Gasteiger partial charge >= 0.3 is 11.3 Å². The molecule has 0 amide bonds. The molecule has 1 N–H and O–H groups in total. The molecule has 2 heterocycles. The Balaban J connectivity index is 1.62. The highest BCUT2D eigenvalue weighted by Crippen LogP contribution is 2.27. The third kappa shape index (κ3) is 3.53. The molecule has 4 aromatic rings. The highest BCUT2D eigenvalue weighted by Gasteiger charge is 2.21. The van der Waals surface area contributed by atoms with Gasteiger partial charge in [0.05, 0.1) is 7.11 Å². The zero-order valence-electron chi connectivity index (χ0n) is 14.2. The molecule has 0 unspecified atom stereocenters. The minimum Gasteiger partial charge on any atom is -0.497 e. The van der Waals surface area contributed by atoms with Crippen LogP contribution in [0.1, 0.15) is 5.69 Å². The first kappa shape index (κ1) is 16.9. The van der Waals surface area contributed by atoms with Crippen LogP contribution in [0.25, 0.3) is 16.3 Å². The number of aromatic nitrogens is 4. The van der Waals surface area contributed by atoms with Crippen LogP contribution in [0.3, 0.4) is 0 Å². The fraction of sp³-hybridized carbons (Fsp3) is 0.0556. The molecule has 4 rings (SSSR count). The summed E-state index contributed by atoms with van der Waals surface area (Å²) in [5.41, 5.74) is 1.36. The zero-order valence-corrected chi connectivity index (χ0v) is 15.0. The number of nitrogens with one attached hydrogen (secondary N) is 1. The number of aromatic amines is 1. The first-order valence-corrected chi connectivity index (χ1v) is 8.77. The summed E-state index contributed by atoms with van der Waals surface area (Å²) in [4.78, 5) is 16.3. The number of ether oxygens (including phenoxy) is 1. The number of hydrogen-bond acceptors (Lipinski definition) is 7. The number of nitrogens with zero attached hydrogens (tertiary/aromatic N) is 4. The van der Waals surface area contributed by atoms with E-state index in [-0.39, 0.29) is 5.69 Å². The maximum Gasteiger partial charge on any atom is 0.436 e. The van der Waals surface area contributed by atoms with Crippen LogP contribution in [-0.4, -0.2) is 28.8 Å². The van der Waals surface area contributed by atoms with E-state index in [1.165, 1.54) is 22.2 Å². The average molecular weight is 380 g/mol. The second kappa shape index (κ2) is 7.34. The monoisotopic (exact) mass is 380 g/mol. The van der Waals surface area contributed by atoms with Crippen LogP contribution in [0, 0.1) is 0 Å². The van der Waals surface area contributed by atoms with E-state index in [2.05, 4.69) is 20.5 Å². The van der Waals surface area contributed by atoms with Gasteiger partial charge in [-0.2, -0.15) is 0 Å². The van der Waals surface area contributed by atoms with Crippen molar-refractivity contribution in [3.8, 4) is 22.0 Å². The Bertz CT molecular complexity index is 1130. The molecular formula is C18H14N5O3S+. The van der Waals surface area contributed by atoms with E-state index in [0.717, 1.165) is 10.6 Å². The van der Waals surface area contributed by atoms with Crippen molar-refractivity contribution in [1.29, 1.82) is 0 Å². The van der Waals surface area contributed by atoms with Crippen molar-refractivity contribution in [3.63, 3.8) is 0 Å². The molecule has 0 fully saturated rings. The summed E-state index contributed by atoms with van der Waals surface area (Å²) >= 11 is 1.33. The lowest BCUT2D eigenvalue weighted by Crippen LogP contribution is -2.38. The van der Waals surface area contributed by atoms with E-state index in [0.29, 0.717) is 16.6 Å². The number of H-pyrrole nitrogens is 1. The summed E-state index contributed by atoms with van der Waals surface area (Å²) in [6, 6.07) is 16.9. The predicted molar refractivity (Wildman–Crippen MR) is 100 cm³/mol. The van der Waals surface area contributed by atoms with Crippen LogP contribution in [0.15, 0.2) is 68.9 Å². The Labute approximate surface area is 157 Å². The number of benzene rings is 2. The summed E-state index contributed by atoms with van der Waals surface area (Å²) in [7, 11) is 1.59. The number of aliphatic imine (C=N–C) groups is 1. The van der Waals surface area contributed by atoms with Crippen molar-refractivity contribution in [2.45, 2.75) is 0 Å². The molecule has 8 nitrogen and oxygen atoms in total. The molecule has 0 saturated carbocycles. The van der Waals surface area contributed by atoms with Crippen LogP contribution in [0.5, 0.6) is 5.75 Å². The number of methoxy groups -OCH3 is 1. The highest BCUT2D eigenvalue weighted by atomic mass is 32.1. The Morgan fingerprint density at radius 3 is 2.67 bits per heavy atom. The lowest BCUT2D eigenvalue weighted by molar-refractivity contribution is -0.671. The zero-order chi connectivity index (χ0) is 18.6. The van der Waals surface area contributed by atoms with E-state index < -0.39 is 5.63 Å². The van der Waals surface area contributed by atoms with Gasteiger partial charge in [0.2, 0.25) is 10.8 Å². The Kier molecular flexibility index (Phi) is 4.58. The molecule has 0 saturated heterocycles. The molecule has 0 aliphatic carbocycles. The lowest BCUT2D eigenvalue weighted by Gasteiger charge is -1.97. The van der Waals surface area contributed by atoms with Crippen molar-refractivity contribution in [2.24, 2.45) is 4.99 Å². The first-order valence-electron chi connectivity index (χ1n) is 7.95. The van der Waals surface area contributed by atoms with E-state index in [4.69, 9.17) is 9.26 Å². The normalized spacial score (nSPS) is 11.1. The summed E-state index contributed by atoms with van der Waals surface area (Å²) in [6.07, 6.45) is 1.40. The van der Waals surface area contributed by atoms with Gasteiger partial charge < -0.3 is 4.74 Å². The SMILES string of the molecule is COc1ccc(-[n+]2[nH]oc(=O)c2C=Nc2nnc(-c3ccccc3)s2)cc1. The minimum atomic E-state index is -0.539. The second-order valence-corrected chi connectivity index (χ2v) is 6.37. The Hall–Kier alpha value is -3.59. The largest absolute Gasteiger partial charge is 0.497 e. The van der Waals surface area contributed by atoms with E-state index >= 15 is 0 Å². The van der Waals surface area contributed by atoms with Crippen LogP contribution < -0.4 is 15.0 Å². The quantitative estimate of drug-likeness (QED) is 0.424. The average Bonchev–Trinajstić information content (AvgIpc) is 3.34. The minimum absolute atomic E-state index is 0.233. The van der Waals surface area contributed by atoms with Crippen LogP contribution in [0.2, 0.25) is 0 Å². The summed E-state index contributed by atoms with van der Waals surface area (Å²) in [5.74, 6) is 0.711. The third-order valence-electron chi connectivity index (χ3n) is 3.74. The van der Waals surface area contributed by atoms with E-state index in [1.807, 2.05) is 30.3 Å². The van der Waals surface area contributed by atoms with Gasteiger partial charge in [-0.25, -0.2) is 9.79 Å². The van der Waals surface area contributed by atoms with Gasteiger partial charge in [-0.1, -0.05) is 41.7 Å². The van der Waals surface area contributed by atoms with Gasteiger partial charge in [0.15, 0.2) is 0 Å². The molecule has 0 aliphatic rings. The molecule has 0 aliphatic heterocycles. The maximum atomic E-state index is 12.0. The topological polar surface area (TPSA) is 97.2 Å². The van der Waals surface area contributed by atoms with Crippen molar-refractivity contribution in [1.82, 2.24) is 15.5 Å². The molecule has 27 heavy (non-hydrogen) atoms. The van der Waals surface area contributed by atoms with Crippen LogP contribution in [-0.2, 0) is 0 Å². The smallest absolute Gasteiger partial charge is 0.436 e.